The molecule has 0 fully saturated rings. The van der Waals surface area contributed by atoms with Crippen LogP contribution in [0, 0.1) is 5.41 Å². The van der Waals surface area contributed by atoms with Gasteiger partial charge in [0.05, 0.1) is 23.3 Å². The average molecular weight is 539 g/mol. The van der Waals surface area contributed by atoms with Gasteiger partial charge >= 0.3 is 0 Å². The molecule has 6 nitrogen and oxygen atoms in total. The third kappa shape index (κ3) is 8.15. The van der Waals surface area contributed by atoms with Gasteiger partial charge in [0.25, 0.3) is 0 Å². The molecule has 0 spiro atoms. The standard InChI is InChI=1S/C33H50N2O4/c1-7-21-32(38,22-8-2)27(25-17-13-11-14-18-25)34-29(36)31(5,6)30(37)35-28(26-19-15-12-16-20-26)33(39,23-9-3)24-10-4/h11-20,27-28,38-39H,7-10,21-24H2,1-6H3,(H,34,36)(H,35,37)/t27-,28-/m1/s1. The second kappa shape index (κ2) is 14.6. The van der Waals surface area contributed by atoms with E-state index in [1.165, 1.54) is 0 Å². The van der Waals surface area contributed by atoms with Crippen LogP contribution in [0.5, 0.6) is 0 Å². The first-order valence-electron chi connectivity index (χ1n) is 14.7. The Bertz CT molecular complexity index is 929. The quantitative estimate of drug-likeness (QED) is 0.186. The fraction of sp³-hybridized carbons (Fsp3) is 0.576. The fourth-order valence-corrected chi connectivity index (χ4v) is 5.63. The van der Waals surface area contributed by atoms with Crippen molar-refractivity contribution in [3.05, 3.63) is 71.8 Å². The second-order valence-electron chi connectivity index (χ2n) is 11.5. The number of aliphatic hydroxyl groups is 2. The Morgan fingerprint density at radius 1 is 0.615 bits per heavy atom. The lowest BCUT2D eigenvalue weighted by Gasteiger charge is -2.40. The molecule has 0 radical (unpaired) electrons. The first kappa shape index (κ1) is 32.5. The molecule has 0 saturated heterocycles. The van der Waals surface area contributed by atoms with E-state index in [-0.39, 0.29) is 0 Å². The summed E-state index contributed by atoms with van der Waals surface area (Å²) in [5.41, 5.74) is -2.16. The van der Waals surface area contributed by atoms with Crippen LogP contribution in [0.1, 0.15) is 116 Å². The molecule has 6 heteroatoms. The Kier molecular flexibility index (Phi) is 12.2. The summed E-state index contributed by atoms with van der Waals surface area (Å²) < 4.78 is 0. The smallest absolute Gasteiger partial charge is 0.235 e. The van der Waals surface area contributed by atoms with E-state index in [9.17, 15) is 19.8 Å². The zero-order valence-electron chi connectivity index (χ0n) is 24.8. The molecule has 0 aliphatic rings. The minimum atomic E-state index is -1.46. The largest absolute Gasteiger partial charge is 0.387 e. The second-order valence-corrected chi connectivity index (χ2v) is 11.5. The van der Waals surface area contributed by atoms with Gasteiger partial charge in [-0.2, -0.15) is 0 Å². The molecule has 4 N–H and O–H groups in total. The molecule has 39 heavy (non-hydrogen) atoms. The van der Waals surface area contributed by atoms with E-state index in [4.69, 9.17) is 0 Å². The normalized spacial score (nSPS) is 13.9. The monoisotopic (exact) mass is 538 g/mol. The van der Waals surface area contributed by atoms with Crippen molar-refractivity contribution in [1.82, 2.24) is 10.6 Å². The van der Waals surface area contributed by atoms with Crippen LogP contribution in [0.25, 0.3) is 0 Å². The van der Waals surface area contributed by atoms with Gasteiger partial charge in [0, 0.05) is 0 Å². The topological polar surface area (TPSA) is 98.7 Å². The Hall–Kier alpha value is -2.70. The number of hydrogen-bond donors (Lipinski definition) is 4. The van der Waals surface area contributed by atoms with Crippen LogP contribution < -0.4 is 10.6 Å². The number of nitrogens with one attached hydrogen (secondary N) is 2. The van der Waals surface area contributed by atoms with Gasteiger partial charge in [-0.05, 0) is 50.7 Å². The lowest BCUT2D eigenvalue weighted by Crippen LogP contribution is -2.55. The molecule has 0 heterocycles. The van der Waals surface area contributed by atoms with Gasteiger partial charge in [-0.1, -0.05) is 114 Å². The molecule has 0 saturated carbocycles. The number of benzene rings is 2. The summed E-state index contributed by atoms with van der Waals surface area (Å²) in [7, 11) is 0. The Labute approximate surface area is 235 Å². The minimum absolute atomic E-state index is 0.471. The van der Waals surface area contributed by atoms with Crippen LogP contribution >= 0.6 is 0 Å². The molecule has 0 aromatic heterocycles. The molecular weight excluding hydrogens is 488 g/mol. The number of amides is 2. The van der Waals surface area contributed by atoms with E-state index in [2.05, 4.69) is 10.6 Å². The van der Waals surface area contributed by atoms with Gasteiger partial charge in [0.15, 0.2) is 0 Å². The highest BCUT2D eigenvalue weighted by atomic mass is 16.3. The van der Waals surface area contributed by atoms with Crippen LogP contribution in [-0.2, 0) is 9.59 Å². The summed E-state index contributed by atoms with van der Waals surface area (Å²) in [5.74, 6) is -0.943. The molecule has 0 aliphatic carbocycles. The molecule has 0 aliphatic heterocycles. The summed E-state index contributed by atoms with van der Waals surface area (Å²) in [5, 5.41) is 29.6. The molecule has 2 aromatic rings. The van der Waals surface area contributed by atoms with Crippen molar-refractivity contribution in [2.24, 2.45) is 5.41 Å². The maximum absolute atomic E-state index is 13.8. The predicted molar refractivity (Wildman–Crippen MR) is 158 cm³/mol. The van der Waals surface area contributed by atoms with E-state index < -0.39 is 40.5 Å². The SMILES string of the molecule is CCCC(O)(CCC)[C@H](NC(=O)C(C)(C)C(=O)N[C@H](c1ccccc1)C(O)(CCC)CCC)c1ccccc1. The molecule has 2 amide bonds. The van der Waals surface area contributed by atoms with E-state index in [1.54, 1.807) is 13.8 Å². The third-order valence-electron chi connectivity index (χ3n) is 7.76. The average Bonchev–Trinajstić information content (AvgIpc) is 2.91. The highest BCUT2D eigenvalue weighted by Crippen LogP contribution is 2.37. The van der Waals surface area contributed by atoms with Crippen molar-refractivity contribution in [2.75, 3.05) is 0 Å². The molecule has 216 valence electrons. The summed E-state index contributed by atoms with van der Waals surface area (Å²) in [6, 6.07) is 17.6. The van der Waals surface area contributed by atoms with Crippen molar-refractivity contribution in [2.45, 2.75) is 116 Å². The lowest BCUT2D eigenvalue weighted by atomic mass is 9.79. The molecule has 2 atom stereocenters. The maximum Gasteiger partial charge on any atom is 0.235 e. The first-order valence-corrected chi connectivity index (χ1v) is 14.7. The van der Waals surface area contributed by atoms with Gasteiger partial charge < -0.3 is 20.8 Å². The summed E-state index contributed by atoms with van der Waals surface area (Å²) in [6.45, 7) is 11.2. The van der Waals surface area contributed by atoms with Crippen LogP contribution in [0.15, 0.2) is 60.7 Å². The lowest BCUT2D eigenvalue weighted by molar-refractivity contribution is -0.145. The summed E-state index contributed by atoms with van der Waals surface area (Å²) >= 11 is 0. The van der Waals surface area contributed by atoms with E-state index in [1.807, 2.05) is 88.4 Å². The van der Waals surface area contributed by atoms with Crippen LogP contribution in [0.2, 0.25) is 0 Å². The Morgan fingerprint density at radius 3 is 1.15 bits per heavy atom. The molecule has 0 bridgehead atoms. The van der Waals surface area contributed by atoms with Crippen LogP contribution in [0.4, 0.5) is 0 Å². The van der Waals surface area contributed by atoms with Crippen molar-refractivity contribution >= 4 is 11.8 Å². The van der Waals surface area contributed by atoms with E-state index in [0.29, 0.717) is 25.7 Å². The zero-order chi connectivity index (χ0) is 29.1. The highest BCUT2D eigenvalue weighted by molar-refractivity contribution is 6.04. The summed E-state index contributed by atoms with van der Waals surface area (Å²) in [4.78, 5) is 27.6. The van der Waals surface area contributed by atoms with Crippen molar-refractivity contribution in [3.8, 4) is 0 Å². The third-order valence-corrected chi connectivity index (χ3v) is 7.76. The number of rotatable bonds is 16. The summed E-state index contributed by atoms with van der Waals surface area (Å²) in [6.07, 6.45) is 5.10. The van der Waals surface area contributed by atoms with Crippen molar-refractivity contribution in [3.63, 3.8) is 0 Å². The molecular formula is C33H50N2O4. The minimum Gasteiger partial charge on any atom is -0.387 e. The van der Waals surface area contributed by atoms with Gasteiger partial charge in [-0.15, -0.1) is 0 Å². The zero-order valence-corrected chi connectivity index (χ0v) is 24.8. The van der Waals surface area contributed by atoms with Crippen LogP contribution in [-0.4, -0.2) is 33.2 Å². The number of carbonyl (C=O) groups is 2. The van der Waals surface area contributed by atoms with Gasteiger partial charge in [-0.25, -0.2) is 0 Å². The van der Waals surface area contributed by atoms with Crippen LogP contribution in [0.3, 0.4) is 0 Å². The van der Waals surface area contributed by atoms with Gasteiger partial charge in [0.2, 0.25) is 11.8 Å². The van der Waals surface area contributed by atoms with Gasteiger partial charge in [-0.3, -0.25) is 9.59 Å². The Balaban J connectivity index is 2.42. The van der Waals surface area contributed by atoms with Crippen molar-refractivity contribution < 1.29 is 19.8 Å². The molecule has 2 aromatic carbocycles. The fourth-order valence-electron chi connectivity index (χ4n) is 5.63. The predicted octanol–water partition coefficient (Wildman–Crippen LogP) is 6.39. The van der Waals surface area contributed by atoms with Crippen molar-refractivity contribution in [1.29, 1.82) is 0 Å². The highest BCUT2D eigenvalue weighted by Gasteiger charge is 2.45. The Morgan fingerprint density at radius 2 is 0.897 bits per heavy atom. The molecule has 2 rings (SSSR count). The molecule has 0 unspecified atom stereocenters. The maximum atomic E-state index is 13.8. The first-order chi connectivity index (χ1) is 18.5. The van der Waals surface area contributed by atoms with Gasteiger partial charge in [0.1, 0.15) is 5.41 Å². The number of hydrogen-bond acceptors (Lipinski definition) is 4. The number of carbonyl (C=O) groups excluding carboxylic acids is 2. The van der Waals surface area contributed by atoms with E-state index in [0.717, 1.165) is 36.8 Å². The van der Waals surface area contributed by atoms with E-state index >= 15 is 0 Å².